The largest absolute Gasteiger partial charge is 0.493 e. The molecule has 2 aromatic carbocycles. The highest BCUT2D eigenvalue weighted by atomic mass is 35.5. The maximum absolute atomic E-state index is 14.4. The number of halogens is 2. The van der Waals surface area contributed by atoms with Crippen LogP contribution < -0.4 is 15.4 Å². The maximum atomic E-state index is 14.4. The van der Waals surface area contributed by atoms with E-state index in [1.165, 1.54) is 36.6 Å². The molecule has 1 aliphatic carbocycles. The first-order valence-corrected chi connectivity index (χ1v) is 15.0. The van der Waals surface area contributed by atoms with Crippen molar-refractivity contribution >= 4 is 18.3 Å². The summed E-state index contributed by atoms with van der Waals surface area (Å²) in [6.45, 7) is 8.89. The fourth-order valence-corrected chi connectivity index (χ4v) is 5.70. The summed E-state index contributed by atoms with van der Waals surface area (Å²) in [4.78, 5) is 12.1. The number of benzene rings is 2. The van der Waals surface area contributed by atoms with Gasteiger partial charge in [0, 0.05) is 25.1 Å². The minimum Gasteiger partial charge on any atom is -0.493 e. The third kappa shape index (κ3) is 10.4. The van der Waals surface area contributed by atoms with Crippen LogP contribution in [-0.2, 0) is 16.8 Å². The highest BCUT2D eigenvalue weighted by Crippen LogP contribution is 2.38. The number of aliphatic hydroxyl groups excluding tert-OH is 1. The van der Waals surface area contributed by atoms with Gasteiger partial charge in [0.15, 0.2) is 0 Å². The van der Waals surface area contributed by atoms with Gasteiger partial charge in [-0.2, -0.15) is 0 Å². The van der Waals surface area contributed by atoms with E-state index < -0.39 is 12.1 Å². The Balaban J connectivity index is 0.00000560. The predicted octanol–water partition coefficient (Wildman–Crippen LogP) is 7.19. The lowest BCUT2D eigenvalue weighted by Crippen LogP contribution is -2.53. The quantitative estimate of drug-likeness (QED) is 0.196. The highest BCUT2D eigenvalue weighted by Gasteiger charge is 2.35. The Hall–Kier alpha value is -2.15. The Morgan fingerprint density at radius 2 is 1.82 bits per heavy atom. The van der Waals surface area contributed by atoms with Crippen LogP contribution in [-0.4, -0.2) is 36.3 Å². The molecule has 5 nitrogen and oxygen atoms in total. The van der Waals surface area contributed by atoms with Crippen molar-refractivity contribution in [2.45, 2.75) is 116 Å². The first kappa shape index (κ1) is 34.1. The van der Waals surface area contributed by atoms with Crippen molar-refractivity contribution < 1.29 is 19.0 Å². The second-order valence-electron chi connectivity index (χ2n) is 11.6. The summed E-state index contributed by atoms with van der Waals surface area (Å²) in [6.07, 6.45) is 9.29. The second kappa shape index (κ2) is 17.0. The van der Waals surface area contributed by atoms with Crippen LogP contribution in [0.15, 0.2) is 42.5 Å². The molecule has 1 saturated carbocycles. The molecule has 1 fully saturated rings. The molecule has 3 rings (SSSR count). The van der Waals surface area contributed by atoms with Crippen molar-refractivity contribution in [3.63, 3.8) is 0 Å². The van der Waals surface area contributed by atoms with Gasteiger partial charge < -0.3 is 20.5 Å². The normalized spacial score (nSPS) is 16.2. The van der Waals surface area contributed by atoms with Crippen molar-refractivity contribution in [3.8, 4) is 5.75 Å². The molecule has 0 aliphatic heterocycles. The van der Waals surface area contributed by atoms with E-state index in [4.69, 9.17) is 4.74 Å². The molecule has 0 bridgehead atoms. The van der Waals surface area contributed by atoms with Gasteiger partial charge in [-0.3, -0.25) is 4.79 Å². The molecular formula is C33H50ClFN2O3. The van der Waals surface area contributed by atoms with E-state index in [0.717, 1.165) is 51.4 Å². The van der Waals surface area contributed by atoms with Crippen LogP contribution in [0.25, 0.3) is 0 Å². The van der Waals surface area contributed by atoms with E-state index in [0.29, 0.717) is 36.8 Å². The lowest BCUT2D eigenvalue weighted by Gasteiger charge is -2.40. The van der Waals surface area contributed by atoms with Crippen LogP contribution in [0.4, 0.5) is 4.39 Å². The second-order valence-corrected chi connectivity index (χ2v) is 11.6. The zero-order chi connectivity index (χ0) is 28.3. The van der Waals surface area contributed by atoms with Gasteiger partial charge in [0.2, 0.25) is 5.91 Å². The Bertz CT molecular complexity index is 1040. The summed E-state index contributed by atoms with van der Waals surface area (Å²) in [5.41, 5.74) is 3.06. The van der Waals surface area contributed by atoms with E-state index in [9.17, 15) is 14.3 Å². The van der Waals surface area contributed by atoms with Crippen LogP contribution in [0.5, 0.6) is 5.75 Å². The summed E-state index contributed by atoms with van der Waals surface area (Å²) in [5.74, 6) is 0.329. The summed E-state index contributed by atoms with van der Waals surface area (Å²) in [6, 6.07) is 12.9. The summed E-state index contributed by atoms with van der Waals surface area (Å²) < 4.78 is 20.3. The zero-order valence-corrected chi connectivity index (χ0v) is 25.6. The van der Waals surface area contributed by atoms with Gasteiger partial charge in [0.1, 0.15) is 11.6 Å². The number of hydrogen-bond donors (Lipinski definition) is 3. The summed E-state index contributed by atoms with van der Waals surface area (Å²) >= 11 is 0. The first-order chi connectivity index (χ1) is 18.7. The van der Waals surface area contributed by atoms with E-state index in [1.54, 1.807) is 0 Å². The van der Waals surface area contributed by atoms with Gasteiger partial charge >= 0.3 is 0 Å². The fourth-order valence-electron chi connectivity index (χ4n) is 5.70. The van der Waals surface area contributed by atoms with Gasteiger partial charge in [-0.1, -0.05) is 83.6 Å². The van der Waals surface area contributed by atoms with Crippen molar-refractivity contribution in [2.75, 3.05) is 13.2 Å². The van der Waals surface area contributed by atoms with Gasteiger partial charge in [-0.25, -0.2) is 4.39 Å². The Labute approximate surface area is 247 Å². The predicted molar refractivity (Wildman–Crippen MR) is 164 cm³/mol. The molecular weight excluding hydrogens is 527 g/mol. The van der Waals surface area contributed by atoms with E-state index in [1.807, 2.05) is 6.07 Å². The molecule has 3 N–H and O–H groups in total. The van der Waals surface area contributed by atoms with Crippen molar-refractivity contribution in [3.05, 3.63) is 65.0 Å². The van der Waals surface area contributed by atoms with Crippen molar-refractivity contribution in [2.24, 2.45) is 0 Å². The molecule has 0 heterocycles. The van der Waals surface area contributed by atoms with Gasteiger partial charge in [-0.15, -0.1) is 12.4 Å². The topological polar surface area (TPSA) is 70.6 Å². The molecule has 1 aliphatic rings. The lowest BCUT2D eigenvalue weighted by molar-refractivity contribution is -0.120. The number of amides is 1. The molecule has 2 aromatic rings. The summed E-state index contributed by atoms with van der Waals surface area (Å²) in [7, 11) is 0. The number of carbonyl (C=O) groups is 1. The fraction of sp³-hybridized carbons (Fsp3) is 0.606. The minimum atomic E-state index is -0.845. The Morgan fingerprint density at radius 1 is 1.07 bits per heavy atom. The van der Waals surface area contributed by atoms with E-state index in [-0.39, 0.29) is 29.7 Å². The van der Waals surface area contributed by atoms with Crippen LogP contribution in [0.2, 0.25) is 0 Å². The molecule has 0 saturated heterocycles. The van der Waals surface area contributed by atoms with Gasteiger partial charge in [0.05, 0.1) is 18.8 Å². The third-order valence-corrected chi connectivity index (χ3v) is 7.97. The molecule has 2 atom stereocenters. The maximum Gasteiger partial charge on any atom is 0.217 e. The smallest absolute Gasteiger partial charge is 0.217 e. The average Bonchev–Trinajstić information content (AvgIpc) is 2.91. The number of aliphatic hydroxyl groups is 1. The Morgan fingerprint density at radius 3 is 2.50 bits per heavy atom. The highest BCUT2D eigenvalue weighted by molar-refractivity contribution is 5.85. The van der Waals surface area contributed by atoms with E-state index >= 15 is 0 Å². The standard InChI is InChI=1S/C33H49FN2O3.ClH/c1-5-6-7-11-17-39-30-19-26(18-29(34)22-30)20-31(36-25(4)37)32(38)23-35-33(15-9-8-10-16-33)28-14-12-13-27(21-28)24(2)3;/h12-14,18-19,21-22,24,31-32,35,38H,5-11,15-17,20,23H2,1-4H3,(H,36,37);1H/t31-,32-;/m0./s1. The molecule has 0 aromatic heterocycles. The molecule has 0 radical (unpaired) electrons. The molecule has 0 spiro atoms. The van der Waals surface area contributed by atoms with Crippen LogP contribution >= 0.6 is 12.4 Å². The van der Waals surface area contributed by atoms with Crippen molar-refractivity contribution in [1.82, 2.24) is 10.6 Å². The number of unbranched alkanes of at least 4 members (excludes halogenated alkanes) is 3. The minimum absolute atomic E-state index is 0. The monoisotopic (exact) mass is 576 g/mol. The van der Waals surface area contributed by atoms with Crippen molar-refractivity contribution in [1.29, 1.82) is 0 Å². The average molecular weight is 577 g/mol. The molecule has 1 amide bonds. The number of carbonyl (C=O) groups excluding carboxylic acids is 1. The van der Waals surface area contributed by atoms with Gasteiger partial charge in [0.25, 0.3) is 0 Å². The molecule has 7 heteroatoms. The lowest BCUT2D eigenvalue weighted by atomic mass is 9.75. The molecule has 40 heavy (non-hydrogen) atoms. The molecule has 224 valence electrons. The number of nitrogens with one attached hydrogen (secondary N) is 2. The SMILES string of the molecule is CCCCCCOc1cc(F)cc(C[C@H](NC(C)=O)[C@@H](O)CNC2(c3cccc(C(C)C)c3)CCCCC2)c1.Cl. The number of rotatable bonds is 15. The van der Waals surface area contributed by atoms with Crippen LogP contribution in [0, 0.1) is 5.82 Å². The number of ether oxygens (including phenoxy) is 1. The third-order valence-electron chi connectivity index (χ3n) is 7.97. The summed E-state index contributed by atoms with van der Waals surface area (Å²) in [5, 5.41) is 17.9. The first-order valence-electron chi connectivity index (χ1n) is 15.0. The molecule has 0 unspecified atom stereocenters. The number of hydrogen-bond acceptors (Lipinski definition) is 4. The van der Waals surface area contributed by atoms with Crippen LogP contribution in [0.3, 0.4) is 0 Å². The zero-order valence-electron chi connectivity index (χ0n) is 24.8. The van der Waals surface area contributed by atoms with Gasteiger partial charge in [-0.05, 0) is 60.4 Å². The Kier molecular flexibility index (Phi) is 14.4. The van der Waals surface area contributed by atoms with E-state index in [2.05, 4.69) is 55.7 Å². The van der Waals surface area contributed by atoms with Crippen LogP contribution in [0.1, 0.15) is 108 Å².